The molecular weight excluding hydrogens is 254 g/mol. The Morgan fingerprint density at radius 3 is 2.60 bits per heavy atom. The van der Waals surface area contributed by atoms with E-state index in [1.54, 1.807) is 17.4 Å². The standard InChI is InChI=1S/C15H15N3O2/c19-13-8-15(20)18(9-13)14(10-17-7-6-16-11-17)12-4-2-1-3-5-12/h1-7,11,14H,8-10H2. The molecule has 5 heteroatoms. The fourth-order valence-corrected chi connectivity index (χ4v) is 2.54. The van der Waals surface area contributed by atoms with E-state index in [4.69, 9.17) is 0 Å². The van der Waals surface area contributed by atoms with Gasteiger partial charge in [-0.05, 0) is 5.56 Å². The van der Waals surface area contributed by atoms with Crippen molar-refractivity contribution in [2.75, 3.05) is 6.54 Å². The molecule has 3 rings (SSSR count). The lowest BCUT2D eigenvalue weighted by atomic mass is 10.1. The van der Waals surface area contributed by atoms with Crippen molar-refractivity contribution in [1.82, 2.24) is 14.5 Å². The van der Waals surface area contributed by atoms with Gasteiger partial charge < -0.3 is 9.47 Å². The van der Waals surface area contributed by atoms with Crippen molar-refractivity contribution in [2.45, 2.75) is 19.0 Å². The predicted octanol–water partition coefficient (Wildman–Crippen LogP) is 1.43. The van der Waals surface area contributed by atoms with Gasteiger partial charge in [0.2, 0.25) is 5.91 Å². The SMILES string of the molecule is O=C1CC(=O)N(C(Cn2ccnc2)c2ccccc2)C1. The fraction of sp³-hybridized carbons (Fsp3) is 0.267. The van der Waals surface area contributed by atoms with Crippen LogP contribution in [0, 0.1) is 0 Å². The summed E-state index contributed by atoms with van der Waals surface area (Å²) >= 11 is 0. The van der Waals surface area contributed by atoms with Crippen LogP contribution in [-0.4, -0.2) is 32.7 Å². The second-order valence-corrected chi connectivity index (χ2v) is 4.92. The molecule has 2 aromatic rings. The first-order valence-electron chi connectivity index (χ1n) is 6.56. The third-order valence-corrected chi connectivity index (χ3v) is 3.52. The first kappa shape index (κ1) is 12.6. The molecule has 1 aliphatic heterocycles. The van der Waals surface area contributed by atoms with Crippen LogP contribution in [0.4, 0.5) is 0 Å². The van der Waals surface area contributed by atoms with Gasteiger partial charge >= 0.3 is 0 Å². The van der Waals surface area contributed by atoms with Crippen molar-refractivity contribution in [3.63, 3.8) is 0 Å². The van der Waals surface area contributed by atoms with Crippen LogP contribution < -0.4 is 0 Å². The molecule has 1 amide bonds. The molecule has 102 valence electrons. The Kier molecular flexibility index (Phi) is 3.33. The molecule has 1 fully saturated rings. The minimum absolute atomic E-state index is 0.0124. The number of carbonyl (C=O) groups excluding carboxylic acids is 2. The number of amides is 1. The summed E-state index contributed by atoms with van der Waals surface area (Å²) < 4.78 is 1.92. The molecule has 0 saturated carbocycles. The van der Waals surface area contributed by atoms with Crippen LogP contribution in [0.2, 0.25) is 0 Å². The first-order valence-corrected chi connectivity index (χ1v) is 6.56. The molecule has 0 radical (unpaired) electrons. The number of rotatable bonds is 4. The van der Waals surface area contributed by atoms with E-state index < -0.39 is 0 Å². The number of nitrogens with zero attached hydrogens (tertiary/aromatic N) is 3. The summed E-state index contributed by atoms with van der Waals surface area (Å²) in [6.07, 6.45) is 5.31. The maximum Gasteiger partial charge on any atom is 0.231 e. The summed E-state index contributed by atoms with van der Waals surface area (Å²) in [5.74, 6) is -0.106. The molecule has 1 aromatic heterocycles. The van der Waals surface area contributed by atoms with Crippen LogP contribution >= 0.6 is 0 Å². The number of benzene rings is 1. The van der Waals surface area contributed by atoms with Crippen molar-refractivity contribution >= 4 is 11.7 Å². The highest BCUT2D eigenvalue weighted by atomic mass is 16.2. The Morgan fingerprint density at radius 2 is 2.00 bits per heavy atom. The van der Waals surface area contributed by atoms with Crippen LogP contribution in [0.15, 0.2) is 49.1 Å². The number of likely N-dealkylation sites (tertiary alicyclic amines) is 1. The Morgan fingerprint density at radius 1 is 1.20 bits per heavy atom. The van der Waals surface area contributed by atoms with Crippen LogP contribution in [0.5, 0.6) is 0 Å². The van der Waals surface area contributed by atoms with Crippen molar-refractivity contribution in [3.8, 4) is 0 Å². The van der Waals surface area contributed by atoms with E-state index >= 15 is 0 Å². The van der Waals surface area contributed by atoms with E-state index in [1.807, 2.05) is 41.1 Å². The summed E-state index contributed by atoms with van der Waals surface area (Å²) in [5, 5.41) is 0. The van der Waals surface area contributed by atoms with Gasteiger partial charge in [-0.25, -0.2) is 4.98 Å². The molecule has 0 bridgehead atoms. The summed E-state index contributed by atoms with van der Waals surface area (Å²) in [4.78, 5) is 29.2. The topological polar surface area (TPSA) is 55.2 Å². The Labute approximate surface area is 116 Å². The number of hydrogen-bond donors (Lipinski definition) is 0. The number of aromatic nitrogens is 2. The van der Waals surface area contributed by atoms with E-state index in [0.29, 0.717) is 6.54 Å². The van der Waals surface area contributed by atoms with Gasteiger partial charge in [0.25, 0.3) is 0 Å². The second kappa shape index (κ2) is 5.28. The lowest BCUT2D eigenvalue weighted by molar-refractivity contribution is -0.130. The highest BCUT2D eigenvalue weighted by Crippen LogP contribution is 2.26. The maximum atomic E-state index is 12.0. The van der Waals surface area contributed by atoms with E-state index in [1.165, 1.54) is 0 Å². The van der Waals surface area contributed by atoms with Gasteiger partial charge in [-0.1, -0.05) is 30.3 Å². The van der Waals surface area contributed by atoms with Crippen LogP contribution in [0.25, 0.3) is 0 Å². The molecule has 1 aromatic carbocycles. The van der Waals surface area contributed by atoms with E-state index in [-0.39, 0.29) is 30.7 Å². The van der Waals surface area contributed by atoms with E-state index in [9.17, 15) is 9.59 Å². The number of Topliss-reactive ketones (excluding diaryl/α,β-unsaturated/α-hetero) is 1. The minimum atomic E-state index is -0.135. The van der Waals surface area contributed by atoms with Crippen molar-refractivity contribution in [3.05, 3.63) is 54.6 Å². The molecule has 20 heavy (non-hydrogen) atoms. The van der Waals surface area contributed by atoms with Gasteiger partial charge in [0, 0.05) is 18.9 Å². The van der Waals surface area contributed by atoms with Gasteiger partial charge in [0.15, 0.2) is 5.78 Å². The zero-order valence-corrected chi connectivity index (χ0v) is 11.0. The maximum absolute atomic E-state index is 12.0. The monoisotopic (exact) mass is 269 g/mol. The van der Waals surface area contributed by atoms with Gasteiger partial charge in [-0.2, -0.15) is 0 Å². The van der Waals surface area contributed by atoms with Gasteiger partial charge in [0.1, 0.15) is 0 Å². The normalized spacial score (nSPS) is 16.7. The molecule has 5 nitrogen and oxygen atoms in total. The Balaban J connectivity index is 1.91. The van der Waals surface area contributed by atoms with Gasteiger partial charge in [-0.3, -0.25) is 9.59 Å². The average Bonchev–Trinajstić information content (AvgIpc) is 3.07. The molecule has 0 spiro atoms. The highest BCUT2D eigenvalue weighted by molar-refractivity contribution is 6.05. The van der Waals surface area contributed by atoms with E-state index in [0.717, 1.165) is 5.56 Å². The van der Waals surface area contributed by atoms with Crippen LogP contribution in [0.1, 0.15) is 18.0 Å². The van der Waals surface area contributed by atoms with E-state index in [2.05, 4.69) is 4.98 Å². The lowest BCUT2D eigenvalue weighted by Crippen LogP contribution is -2.33. The largest absolute Gasteiger partial charge is 0.335 e. The zero-order valence-electron chi connectivity index (χ0n) is 11.0. The molecule has 1 saturated heterocycles. The van der Waals surface area contributed by atoms with Crippen LogP contribution in [0.3, 0.4) is 0 Å². The number of carbonyl (C=O) groups is 2. The Bertz CT molecular complexity index is 607. The highest BCUT2D eigenvalue weighted by Gasteiger charge is 2.33. The van der Waals surface area contributed by atoms with Gasteiger partial charge in [-0.15, -0.1) is 0 Å². The average molecular weight is 269 g/mol. The third-order valence-electron chi connectivity index (χ3n) is 3.52. The molecule has 2 heterocycles. The first-order chi connectivity index (χ1) is 9.74. The smallest absolute Gasteiger partial charge is 0.231 e. The second-order valence-electron chi connectivity index (χ2n) is 4.92. The molecule has 0 aliphatic carbocycles. The summed E-state index contributed by atoms with van der Waals surface area (Å²) in [7, 11) is 0. The van der Waals surface area contributed by atoms with Crippen molar-refractivity contribution in [2.24, 2.45) is 0 Å². The minimum Gasteiger partial charge on any atom is -0.335 e. The van der Waals surface area contributed by atoms with Crippen molar-refractivity contribution in [1.29, 1.82) is 0 Å². The third kappa shape index (κ3) is 2.47. The summed E-state index contributed by atoms with van der Waals surface area (Å²) in [6.45, 7) is 0.802. The number of imidazole rings is 1. The quantitative estimate of drug-likeness (QED) is 0.789. The molecule has 1 unspecified atom stereocenters. The van der Waals surface area contributed by atoms with Crippen LogP contribution in [-0.2, 0) is 16.1 Å². The fourth-order valence-electron chi connectivity index (χ4n) is 2.54. The number of hydrogen-bond acceptors (Lipinski definition) is 3. The molecule has 1 aliphatic rings. The summed E-state index contributed by atoms with van der Waals surface area (Å²) in [5.41, 5.74) is 1.03. The lowest BCUT2D eigenvalue weighted by Gasteiger charge is -2.28. The molecule has 1 atom stereocenters. The number of ketones is 1. The molecular formula is C15H15N3O2. The zero-order chi connectivity index (χ0) is 13.9. The van der Waals surface area contributed by atoms with Crippen molar-refractivity contribution < 1.29 is 9.59 Å². The molecule has 0 N–H and O–H groups in total. The predicted molar refractivity (Wildman–Crippen MR) is 72.7 cm³/mol. The Hall–Kier alpha value is -2.43. The summed E-state index contributed by atoms with van der Waals surface area (Å²) in [6, 6.07) is 9.66. The van der Waals surface area contributed by atoms with Gasteiger partial charge in [0.05, 0.1) is 25.3 Å².